The van der Waals surface area contributed by atoms with Crippen LogP contribution in [-0.2, 0) is 4.74 Å². The fraction of sp³-hybridized carbons (Fsp3) is 0.727. The zero-order valence-corrected chi connectivity index (χ0v) is 9.39. The summed E-state index contributed by atoms with van der Waals surface area (Å²) in [7, 11) is 0. The van der Waals surface area contributed by atoms with Crippen LogP contribution < -0.4 is 5.32 Å². The van der Waals surface area contributed by atoms with E-state index in [2.05, 4.69) is 11.2 Å². The van der Waals surface area contributed by atoms with Crippen LogP contribution in [0.1, 0.15) is 40.5 Å². The lowest BCUT2D eigenvalue weighted by atomic mass is 10.2. The fourth-order valence-electron chi connectivity index (χ4n) is 0.881. The summed E-state index contributed by atoms with van der Waals surface area (Å²) in [6.07, 6.45) is 6.17. The Labute approximate surface area is 86.2 Å². The third-order valence-corrected chi connectivity index (χ3v) is 1.48. The van der Waals surface area contributed by atoms with Gasteiger partial charge in [0.2, 0.25) is 0 Å². The van der Waals surface area contributed by atoms with Crippen molar-refractivity contribution in [1.29, 1.82) is 0 Å². The van der Waals surface area contributed by atoms with Crippen molar-refractivity contribution in [2.75, 3.05) is 0 Å². The van der Waals surface area contributed by atoms with E-state index in [1.807, 2.05) is 27.7 Å². The normalized spacial score (nSPS) is 12.8. The summed E-state index contributed by atoms with van der Waals surface area (Å²) in [6, 6.07) is 0.0564. The Hall–Kier alpha value is -1.17. The molecule has 0 aromatic carbocycles. The summed E-state index contributed by atoms with van der Waals surface area (Å²) in [5.74, 6) is 2.53. The number of terminal acetylenes is 1. The molecule has 1 amide bonds. The maximum absolute atomic E-state index is 11.2. The number of rotatable bonds is 3. The average molecular weight is 197 g/mol. The van der Waals surface area contributed by atoms with E-state index in [1.54, 1.807) is 0 Å². The Morgan fingerprint density at radius 1 is 1.57 bits per heavy atom. The Morgan fingerprint density at radius 2 is 2.14 bits per heavy atom. The number of hydrogen-bond acceptors (Lipinski definition) is 2. The largest absolute Gasteiger partial charge is 0.444 e. The Morgan fingerprint density at radius 3 is 2.57 bits per heavy atom. The van der Waals surface area contributed by atoms with Crippen molar-refractivity contribution in [2.24, 2.45) is 0 Å². The lowest BCUT2D eigenvalue weighted by Gasteiger charge is -2.21. The molecule has 0 unspecified atom stereocenters. The third-order valence-electron chi connectivity index (χ3n) is 1.48. The van der Waals surface area contributed by atoms with E-state index in [9.17, 15) is 4.79 Å². The second-order valence-corrected chi connectivity index (χ2v) is 4.29. The van der Waals surface area contributed by atoms with Gasteiger partial charge in [-0.3, -0.25) is 0 Å². The molecule has 0 fully saturated rings. The van der Waals surface area contributed by atoms with Crippen LogP contribution in [0, 0.1) is 12.3 Å². The topological polar surface area (TPSA) is 38.3 Å². The van der Waals surface area contributed by atoms with E-state index in [-0.39, 0.29) is 12.1 Å². The Kier molecular flexibility index (Phi) is 5.07. The van der Waals surface area contributed by atoms with E-state index >= 15 is 0 Å². The molecule has 14 heavy (non-hydrogen) atoms. The van der Waals surface area contributed by atoms with Gasteiger partial charge in [-0.2, -0.15) is 0 Å². The number of hydrogen-bond donors (Lipinski definition) is 1. The highest BCUT2D eigenvalue weighted by Gasteiger charge is 2.17. The Balaban J connectivity index is 3.78. The van der Waals surface area contributed by atoms with Crippen molar-refractivity contribution >= 4 is 6.09 Å². The van der Waals surface area contributed by atoms with Crippen molar-refractivity contribution in [3.8, 4) is 12.3 Å². The predicted octanol–water partition coefficient (Wildman–Crippen LogP) is 2.31. The number of carbonyl (C=O) groups is 1. The van der Waals surface area contributed by atoms with Gasteiger partial charge in [0, 0.05) is 12.5 Å². The number of nitrogens with one attached hydrogen (secondary N) is 1. The third kappa shape index (κ3) is 7.48. The van der Waals surface area contributed by atoms with Crippen molar-refractivity contribution in [1.82, 2.24) is 5.32 Å². The van der Waals surface area contributed by atoms with Crippen LogP contribution in [-0.4, -0.2) is 17.7 Å². The van der Waals surface area contributed by atoms with Gasteiger partial charge >= 0.3 is 6.09 Å². The smallest absolute Gasteiger partial charge is 0.407 e. The fourth-order valence-corrected chi connectivity index (χ4v) is 0.881. The minimum atomic E-state index is -0.448. The van der Waals surface area contributed by atoms with E-state index in [0.29, 0.717) is 6.42 Å². The van der Waals surface area contributed by atoms with Crippen LogP contribution in [0.2, 0.25) is 0 Å². The molecule has 3 nitrogen and oxygen atoms in total. The van der Waals surface area contributed by atoms with Gasteiger partial charge in [-0.05, 0) is 34.1 Å². The summed E-state index contributed by atoms with van der Waals surface area (Å²) in [4.78, 5) is 11.2. The van der Waals surface area contributed by atoms with Crippen molar-refractivity contribution < 1.29 is 9.53 Å². The molecule has 3 heteroatoms. The zero-order valence-electron chi connectivity index (χ0n) is 9.39. The zero-order chi connectivity index (χ0) is 11.2. The first-order chi connectivity index (χ1) is 6.35. The summed E-state index contributed by atoms with van der Waals surface area (Å²) in [6.45, 7) is 7.40. The van der Waals surface area contributed by atoms with Crippen molar-refractivity contribution in [2.45, 2.75) is 52.2 Å². The maximum Gasteiger partial charge on any atom is 0.407 e. The van der Waals surface area contributed by atoms with E-state index in [0.717, 1.165) is 6.42 Å². The highest BCUT2D eigenvalue weighted by atomic mass is 16.6. The molecule has 1 atom stereocenters. The Bertz CT molecular complexity index is 222. The molecular weight excluding hydrogens is 178 g/mol. The molecule has 80 valence electrons. The van der Waals surface area contributed by atoms with Gasteiger partial charge in [0.25, 0.3) is 0 Å². The molecule has 0 spiro atoms. The maximum atomic E-state index is 11.2. The van der Waals surface area contributed by atoms with Crippen LogP contribution >= 0.6 is 0 Å². The summed E-state index contributed by atoms with van der Waals surface area (Å²) < 4.78 is 5.09. The predicted molar refractivity (Wildman–Crippen MR) is 56.9 cm³/mol. The van der Waals surface area contributed by atoms with Gasteiger partial charge < -0.3 is 10.1 Å². The highest BCUT2D eigenvalue weighted by molar-refractivity contribution is 5.67. The summed E-state index contributed by atoms with van der Waals surface area (Å²) in [5.41, 5.74) is -0.448. The monoisotopic (exact) mass is 197 g/mol. The standard InChI is InChI=1S/C11H19NO2/c1-6-7-8-9(2)12-10(13)14-11(3,4)5/h1,9H,7-8H2,2-5H3,(H,12,13)/t9-/m0/s1. The minimum absolute atomic E-state index is 0.0564. The first kappa shape index (κ1) is 12.8. The number of carbonyl (C=O) groups excluding carboxylic acids is 1. The highest BCUT2D eigenvalue weighted by Crippen LogP contribution is 2.07. The van der Waals surface area contributed by atoms with Crippen molar-refractivity contribution in [3.63, 3.8) is 0 Å². The second kappa shape index (κ2) is 5.54. The molecule has 0 bridgehead atoms. The molecule has 0 rings (SSSR count). The van der Waals surface area contributed by atoms with Crippen LogP contribution in [0.25, 0.3) is 0 Å². The average Bonchev–Trinajstić information content (AvgIpc) is 1.96. The summed E-state index contributed by atoms with van der Waals surface area (Å²) in [5, 5.41) is 2.71. The van der Waals surface area contributed by atoms with Gasteiger partial charge in [-0.1, -0.05) is 0 Å². The molecule has 0 heterocycles. The van der Waals surface area contributed by atoms with Crippen LogP contribution in [0.3, 0.4) is 0 Å². The van der Waals surface area contributed by atoms with E-state index in [4.69, 9.17) is 11.2 Å². The van der Waals surface area contributed by atoms with E-state index in [1.165, 1.54) is 0 Å². The van der Waals surface area contributed by atoms with E-state index < -0.39 is 5.60 Å². The second-order valence-electron chi connectivity index (χ2n) is 4.29. The molecule has 0 aromatic heterocycles. The van der Waals surface area contributed by atoms with Crippen LogP contribution in [0.15, 0.2) is 0 Å². The first-order valence-corrected chi connectivity index (χ1v) is 4.78. The SMILES string of the molecule is C#CCC[C@H](C)NC(=O)OC(C)(C)C. The molecule has 0 aromatic rings. The molecule has 1 N–H and O–H groups in total. The number of alkyl carbamates (subject to hydrolysis) is 1. The molecule has 0 aliphatic heterocycles. The van der Waals surface area contributed by atoms with Gasteiger partial charge in [-0.15, -0.1) is 12.3 Å². The van der Waals surface area contributed by atoms with Gasteiger partial charge in [0.05, 0.1) is 0 Å². The van der Waals surface area contributed by atoms with Crippen LogP contribution in [0.4, 0.5) is 4.79 Å². The molecule has 0 saturated heterocycles. The minimum Gasteiger partial charge on any atom is -0.444 e. The quantitative estimate of drug-likeness (QED) is 0.705. The summed E-state index contributed by atoms with van der Waals surface area (Å²) >= 11 is 0. The van der Waals surface area contributed by atoms with Gasteiger partial charge in [0.1, 0.15) is 5.60 Å². The van der Waals surface area contributed by atoms with Crippen LogP contribution in [0.5, 0.6) is 0 Å². The molecule has 0 radical (unpaired) electrons. The molecular formula is C11H19NO2. The number of ether oxygens (including phenoxy) is 1. The first-order valence-electron chi connectivity index (χ1n) is 4.78. The van der Waals surface area contributed by atoms with Gasteiger partial charge in [0.15, 0.2) is 0 Å². The molecule has 0 aliphatic carbocycles. The van der Waals surface area contributed by atoms with Crippen molar-refractivity contribution in [3.05, 3.63) is 0 Å². The lowest BCUT2D eigenvalue weighted by molar-refractivity contribution is 0.0507. The molecule has 0 aliphatic rings. The van der Waals surface area contributed by atoms with Gasteiger partial charge in [-0.25, -0.2) is 4.79 Å². The number of amides is 1. The molecule has 0 saturated carbocycles. The lowest BCUT2D eigenvalue weighted by Crippen LogP contribution is -2.37.